The summed E-state index contributed by atoms with van der Waals surface area (Å²) in [5, 5.41) is 0. The molecular weight excluding hydrogens is 1100 g/mol. The molecule has 12 aromatic rings. The van der Waals surface area contributed by atoms with Crippen molar-refractivity contribution < 1.29 is 0 Å². The molecule has 0 saturated carbocycles. The summed E-state index contributed by atoms with van der Waals surface area (Å²) in [7, 11) is 0. The maximum absolute atomic E-state index is 2.66. The van der Waals surface area contributed by atoms with Crippen LogP contribution >= 0.6 is 23.5 Å². The largest absolute Gasteiger partial charge is 0.311 e. The normalized spacial score (nSPS) is 13.0. The van der Waals surface area contributed by atoms with Crippen LogP contribution in [0.15, 0.2) is 262 Å². The maximum Gasteiger partial charge on any atom is 0.252 e. The lowest BCUT2D eigenvalue weighted by Crippen LogP contribution is -2.64. The van der Waals surface area contributed by atoms with E-state index in [1.807, 2.05) is 23.5 Å². The molecule has 0 aromatic heterocycles. The van der Waals surface area contributed by atoms with Gasteiger partial charge in [0.25, 0.3) is 6.71 Å². The number of aryl methyl sites for hydroxylation is 8. The van der Waals surface area contributed by atoms with Gasteiger partial charge in [-0.05, 0) is 189 Å². The molecule has 0 N–H and O–H groups in total. The molecule has 0 radical (unpaired) electrons. The van der Waals surface area contributed by atoms with Crippen LogP contribution < -0.4 is 52.4 Å². The summed E-state index contributed by atoms with van der Waals surface area (Å²) in [5.41, 5.74) is 34.3. The zero-order chi connectivity index (χ0) is 59.6. The standard InChI is InChI=1S/C80H64B2N4S2/c1-49-36-37-67(52(4)38-49)85-69-34-22-19-31-63(69)81-65-47-66-74(88-76-46-61(45-75-78(76)82(66)64-32-20-23-35-73(64)87-75)84(59-28-16-11-17-29-59)80-55(7)41-51(3)42-56(80)8)48-70(65)86(68-33-21-18-30-62(68)57-24-12-9-13-25-57)72-44-60(43-71(85)77(72)81)83(58-26-14-10-15-27-58)79-53(5)39-50(2)40-54(79)6/h9-48H,1-8H3. The van der Waals surface area contributed by atoms with Gasteiger partial charge >= 0.3 is 0 Å². The highest BCUT2D eigenvalue weighted by Gasteiger charge is 2.47. The van der Waals surface area contributed by atoms with Gasteiger partial charge in [0.2, 0.25) is 6.71 Å². The zero-order valence-electron chi connectivity index (χ0n) is 50.9. The number of rotatable bonds is 9. The highest BCUT2D eigenvalue weighted by atomic mass is 32.2. The van der Waals surface area contributed by atoms with E-state index in [0.717, 1.165) is 34.1 Å². The van der Waals surface area contributed by atoms with Crippen molar-refractivity contribution in [2.24, 2.45) is 0 Å². The maximum atomic E-state index is 2.66. The van der Waals surface area contributed by atoms with Crippen LogP contribution in [0.4, 0.5) is 68.2 Å². The molecule has 0 saturated heterocycles. The first-order valence-electron chi connectivity index (χ1n) is 30.7. The second kappa shape index (κ2) is 21.2. The number of para-hydroxylation sites is 4. The Labute approximate surface area is 527 Å². The van der Waals surface area contributed by atoms with Crippen LogP contribution in [0.2, 0.25) is 0 Å². The van der Waals surface area contributed by atoms with E-state index in [-0.39, 0.29) is 13.4 Å². The molecule has 16 rings (SSSR count). The fourth-order valence-electron chi connectivity index (χ4n) is 15.2. The third-order valence-electron chi connectivity index (χ3n) is 18.5. The van der Waals surface area contributed by atoms with Crippen molar-refractivity contribution in [3.63, 3.8) is 0 Å². The Bertz CT molecular complexity index is 4790. The topological polar surface area (TPSA) is 13.0 Å². The summed E-state index contributed by atoms with van der Waals surface area (Å²) < 4.78 is 0. The van der Waals surface area contributed by atoms with Crippen molar-refractivity contribution in [2.45, 2.75) is 75.0 Å². The molecule has 8 heteroatoms. The Morgan fingerprint density at radius 1 is 0.284 bits per heavy atom. The van der Waals surface area contributed by atoms with E-state index in [2.05, 4.69) is 318 Å². The minimum atomic E-state index is -0.118. The van der Waals surface area contributed by atoms with Gasteiger partial charge < -0.3 is 19.6 Å². The Hall–Kier alpha value is -9.33. The molecule has 88 heavy (non-hydrogen) atoms. The number of hydrogen-bond acceptors (Lipinski definition) is 6. The van der Waals surface area contributed by atoms with Gasteiger partial charge in [-0.25, -0.2) is 0 Å². The number of benzene rings is 12. The Kier molecular flexibility index (Phi) is 13.0. The summed E-state index contributed by atoms with van der Waals surface area (Å²) in [4.78, 5) is 15.5. The molecule has 0 aliphatic carbocycles. The van der Waals surface area contributed by atoms with Crippen LogP contribution in [0.5, 0.6) is 0 Å². The smallest absolute Gasteiger partial charge is 0.252 e. The minimum Gasteiger partial charge on any atom is -0.311 e. The SMILES string of the molecule is Cc1ccc(N2c3ccccc3B3c4cc5c(cc4N(c4ccccc4-c4ccccc4)c4cc(N(c6ccccc6)c6c(C)cc(C)cc6C)cc2c43)Sc2cc(N(c3ccccc3)c3c(C)cc(C)cc3C)cc3c2B5c2ccccc2S3)c(C)c1. The van der Waals surface area contributed by atoms with Crippen LogP contribution in [-0.4, -0.2) is 13.4 Å². The van der Waals surface area contributed by atoms with Gasteiger partial charge in [-0.15, -0.1) is 0 Å². The zero-order valence-corrected chi connectivity index (χ0v) is 52.5. The summed E-state index contributed by atoms with van der Waals surface area (Å²) in [6.45, 7) is 17.9. The van der Waals surface area contributed by atoms with Crippen molar-refractivity contribution >= 4 is 138 Å². The molecule has 422 valence electrons. The van der Waals surface area contributed by atoms with E-state index in [0.29, 0.717) is 0 Å². The predicted molar refractivity (Wildman–Crippen MR) is 379 cm³/mol. The first kappa shape index (κ1) is 54.1. The molecule has 4 nitrogen and oxygen atoms in total. The minimum absolute atomic E-state index is 0.00494. The lowest BCUT2D eigenvalue weighted by Gasteiger charge is -2.46. The average molecular weight is 1170 g/mol. The molecule has 0 bridgehead atoms. The molecule has 4 aliphatic rings. The molecule has 4 aliphatic heterocycles. The molecular formula is C80H64B2N4S2. The van der Waals surface area contributed by atoms with Crippen LogP contribution in [0.3, 0.4) is 0 Å². The highest BCUT2D eigenvalue weighted by Crippen LogP contribution is 2.53. The molecule has 0 amide bonds. The van der Waals surface area contributed by atoms with Gasteiger partial charge in [0, 0.05) is 70.6 Å². The Balaban J connectivity index is 1.01. The van der Waals surface area contributed by atoms with E-state index in [9.17, 15) is 0 Å². The first-order valence-corrected chi connectivity index (χ1v) is 32.3. The van der Waals surface area contributed by atoms with Gasteiger partial charge in [0.15, 0.2) is 0 Å². The van der Waals surface area contributed by atoms with Crippen molar-refractivity contribution in [3.05, 3.63) is 287 Å². The fourth-order valence-corrected chi connectivity index (χ4v) is 17.7. The molecule has 0 fully saturated rings. The molecule has 4 heterocycles. The highest BCUT2D eigenvalue weighted by molar-refractivity contribution is 8.01. The van der Waals surface area contributed by atoms with E-state index < -0.39 is 0 Å². The van der Waals surface area contributed by atoms with Crippen molar-refractivity contribution in [3.8, 4) is 11.1 Å². The van der Waals surface area contributed by atoms with Crippen molar-refractivity contribution in [1.82, 2.24) is 0 Å². The number of fused-ring (bicyclic) bond motifs is 8. The quantitative estimate of drug-likeness (QED) is 0.133. The lowest BCUT2D eigenvalue weighted by molar-refractivity contribution is 1.18. The van der Waals surface area contributed by atoms with E-state index in [4.69, 9.17) is 0 Å². The van der Waals surface area contributed by atoms with Gasteiger partial charge in [-0.1, -0.05) is 215 Å². The summed E-state index contributed by atoms with van der Waals surface area (Å²) in [6.07, 6.45) is 0. The van der Waals surface area contributed by atoms with Gasteiger partial charge in [-0.2, -0.15) is 0 Å². The Morgan fingerprint density at radius 3 is 1.36 bits per heavy atom. The third-order valence-corrected chi connectivity index (χ3v) is 20.8. The first-order chi connectivity index (χ1) is 42.9. The van der Waals surface area contributed by atoms with Crippen LogP contribution in [-0.2, 0) is 0 Å². The number of nitrogens with zero attached hydrogens (tertiary/aromatic N) is 4. The van der Waals surface area contributed by atoms with Crippen molar-refractivity contribution in [2.75, 3.05) is 19.6 Å². The average Bonchev–Trinajstić information content (AvgIpc) is 0.701. The molecule has 0 atom stereocenters. The predicted octanol–water partition coefficient (Wildman–Crippen LogP) is 18.3. The van der Waals surface area contributed by atoms with Gasteiger partial charge in [0.1, 0.15) is 0 Å². The molecule has 0 spiro atoms. The lowest BCUT2D eigenvalue weighted by atomic mass is 9.31. The summed E-state index contributed by atoms with van der Waals surface area (Å²) in [5.74, 6) is 0. The molecule has 12 aromatic carbocycles. The fraction of sp³-hybridized carbons (Fsp3) is 0.100. The molecule has 0 unspecified atom stereocenters. The number of anilines is 12. The second-order valence-electron chi connectivity index (χ2n) is 24.5. The third kappa shape index (κ3) is 8.70. The van der Waals surface area contributed by atoms with Crippen molar-refractivity contribution in [1.29, 1.82) is 0 Å². The van der Waals surface area contributed by atoms with Gasteiger partial charge in [0.05, 0.1) is 22.7 Å². The van der Waals surface area contributed by atoms with Crippen LogP contribution in [0, 0.1) is 55.4 Å². The Morgan fingerprint density at radius 2 is 0.761 bits per heavy atom. The number of hydrogen-bond donors (Lipinski definition) is 0. The van der Waals surface area contributed by atoms with E-state index in [1.165, 1.54) is 142 Å². The summed E-state index contributed by atoms with van der Waals surface area (Å²) >= 11 is 3.87. The van der Waals surface area contributed by atoms with E-state index in [1.54, 1.807) is 0 Å². The van der Waals surface area contributed by atoms with Crippen LogP contribution in [0.25, 0.3) is 11.1 Å². The monoisotopic (exact) mass is 1170 g/mol. The van der Waals surface area contributed by atoms with E-state index >= 15 is 0 Å². The second-order valence-corrected chi connectivity index (χ2v) is 26.7. The van der Waals surface area contributed by atoms with Gasteiger partial charge in [-0.3, -0.25) is 0 Å². The van der Waals surface area contributed by atoms with Crippen LogP contribution in [0.1, 0.15) is 44.5 Å². The summed E-state index contributed by atoms with van der Waals surface area (Å²) in [6, 6.07) is 92.2.